The molecule has 0 radical (unpaired) electrons. The first kappa shape index (κ1) is 19.6. The predicted molar refractivity (Wildman–Crippen MR) is 88.8 cm³/mol. The van der Waals surface area contributed by atoms with E-state index in [-0.39, 0.29) is 18.4 Å². The summed E-state index contributed by atoms with van der Waals surface area (Å²) in [5.41, 5.74) is -0.229. The van der Waals surface area contributed by atoms with Gasteiger partial charge in [0.15, 0.2) is 5.44 Å². The fourth-order valence-electron chi connectivity index (χ4n) is 2.26. The molecule has 2 atom stereocenters. The monoisotopic (exact) mass is 343 g/mol. The van der Waals surface area contributed by atoms with Crippen LogP contribution in [0.15, 0.2) is 24.3 Å². The number of aliphatic hydroxyl groups is 1. The van der Waals surface area contributed by atoms with Crippen molar-refractivity contribution in [2.75, 3.05) is 0 Å². The van der Waals surface area contributed by atoms with Gasteiger partial charge in [0.2, 0.25) is 0 Å². The first-order chi connectivity index (χ1) is 10.7. The van der Waals surface area contributed by atoms with Crippen LogP contribution in [-0.4, -0.2) is 35.5 Å². The number of carbonyl (C=O) groups is 1. The zero-order valence-electron chi connectivity index (χ0n) is 13.5. The molecule has 1 amide bonds. The Kier molecular flexibility index (Phi) is 7.67. The second kappa shape index (κ2) is 9.00. The number of carbonyl (C=O) groups excluding carboxylic acids is 1. The molecule has 0 bridgehead atoms. The van der Waals surface area contributed by atoms with E-state index < -0.39 is 15.6 Å². The van der Waals surface area contributed by atoms with Crippen LogP contribution in [0.1, 0.15) is 55.5 Å². The highest BCUT2D eigenvalue weighted by atomic mass is 32.2. The van der Waals surface area contributed by atoms with Gasteiger partial charge in [-0.25, -0.2) is 0 Å². The Morgan fingerprint density at radius 3 is 2.35 bits per heavy atom. The number of amides is 1. The number of benzene rings is 1. The summed E-state index contributed by atoms with van der Waals surface area (Å²) in [6, 6.07) is 7.19. The van der Waals surface area contributed by atoms with E-state index in [9.17, 15) is 18.3 Å². The molecule has 0 aliphatic rings. The number of aryl methyl sites for hydroxylation is 1. The third kappa shape index (κ3) is 7.11. The van der Waals surface area contributed by atoms with E-state index in [0.29, 0.717) is 18.4 Å². The third-order valence-electron chi connectivity index (χ3n) is 3.58. The maximum Gasteiger partial charge on any atom is 0.291 e. The van der Waals surface area contributed by atoms with Crippen molar-refractivity contribution in [1.29, 1.82) is 0 Å². The molecule has 0 aliphatic heterocycles. The Morgan fingerprint density at radius 2 is 1.83 bits per heavy atom. The van der Waals surface area contributed by atoms with Crippen molar-refractivity contribution in [2.24, 2.45) is 0 Å². The lowest BCUT2D eigenvalue weighted by Crippen LogP contribution is -2.32. The van der Waals surface area contributed by atoms with Crippen LogP contribution in [0.3, 0.4) is 0 Å². The summed E-state index contributed by atoms with van der Waals surface area (Å²) in [5.74, 6) is -0.112. The van der Waals surface area contributed by atoms with Crippen molar-refractivity contribution in [1.82, 2.24) is 5.32 Å². The molecule has 23 heavy (non-hydrogen) atoms. The Balaban J connectivity index is 2.49. The zero-order chi connectivity index (χ0) is 17.5. The molecule has 0 heterocycles. The second-order valence-corrected chi connectivity index (χ2v) is 7.30. The Labute approximate surface area is 137 Å². The second-order valence-electron chi connectivity index (χ2n) is 5.72. The fourth-order valence-corrected chi connectivity index (χ4v) is 2.73. The van der Waals surface area contributed by atoms with Gasteiger partial charge in [-0.15, -0.1) is 0 Å². The largest absolute Gasteiger partial charge is 0.375 e. The normalized spacial score (nSPS) is 14.3. The zero-order valence-corrected chi connectivity index (χ0v) is 14.3. The van der Waals surface area contributed by atoms with Crippen LogP contribution in [-0.2, 0) is 16.5 Å². The molecule has 2 unspecified atom stereocenters. The van der Waals surface area contributed by atoms with Crippen molar-refractivity contribution < 1.29 is 22.9 Å². The number of aliphatic hydroxyl groups excluding tert-OH is 1. The Hall–Kier alpha value is -1.44. The predicted octanol–water partition coefficient (Wildman–Crippen LogP) is 2.13. The van der Waals surface area contributed by atoms with Crippen molar-refractivity contribution in [3.63, 3.8) is 0 Å². The molecule has 1 aromatic rings. The van der Waals surface area contributed by atoms with Gasteiger partial charge in [0, 0.05) is 11.6 Å². The lowest BCUT2D eigenvalue weighted by molar-refractivity contribution is 0.0938. The van der Waals surface area contributed by atoms with E-state index in [0.717, 1.165) is 18.4 Å². The van der Waals surface area contributed by atoms with E-state index >= 15 is 0 Å². The molecule has 7 heteroatoms. The van der Waals surface area contributed by atoms with Crippen molar-refractivity contribution in [2.45, 2.75) is 57.4 Å². The van der Waals surface area contributed by atoms with Gasteiger partial charge in [-0.1, -0.05) is 25.5 Å². The average molecular weight is 343 g/mol. The van der Waals surface area contributed by atoms with Crippen LogP contribution >= 0.6 is 0 Å². The average Bonchev–Trinajstić information content (AvgIpc) is 2.47. The van der Waals surface area contributed by atoms with Crippen LogP contribution in [0.2, 0.25) is 0 Å². The lowest BCUT2D eigenvalue weighted by atomic mass is 10.1. The number of hydrogen-bond acceptors (Lipinski definition) is 4. The van der Waals surface area contributed by atoms with Crippen LogP contribution in [0.4, 0.5) is 0 Å². The van der Waals surface area contributed by atoms with Gasteiger partial charge in [0.05, 0.1) is 0 Å². The van der Waals surface area contributed by atoms with Crippen molar-refractivity contribution >= 4 is 16.0 Å². The van der Waals surface area contributed by atoms with E-state index in [1.54, 1.807) is 24.3 Å². The highest BCUT2D eigenvalue weighted by molar-refractivity contribution is 7.86. The first-order valence-corrected chi connectivity index (χ1v) is 9.28. The van der Waals surface area contributed by atoms with Crippen LogP contribution in [0, 0.1) is 0 Å². The molecule has 3 N–H and O–H groups in total. The molecule has 0 aliphatic carbocycles. The minimum atomic E-state index is -4.39. The minimum absolute atomic E-state index is 0.0321. The van der Waals surface area contributed by atoms with E-state index in [1.165, 1.54) is 0 Å². The summed E-state index contributed by atoms with van der Waals surface area (Å²) >= 11 is 0. The van der Waals surface area contributed by atoms with Gasteiger partial charge in [-0.3, -0.25) is 9.35 Å². The smallest absolute Gasteiger partial charge is 0.291 e. The number of hydrogen-bond donors (Lipinski definition) is 3. The summed E-state index contributed by atoms with van der Waals surface area (Å²) in [7, 11) is -4.39. The van der Waals surface area contributed by atoms with Gasteiger partial charge in [0.25, 0.3) is 16.0 Å². The van der Waals surface area contributed by atoms with Gasteiger partial charge in [-0.05, 0) is 50.3 Å². The fraction of sp³-hybridized carbons (Fsp3) is 0.562. The van der Waals surface area contributed by atoms with E-state index in [4.69, 9.17) is 4.55 Å². The van der Waals surface area contributed by atoms with E-state index in [2.05, 4.69) is 12.2 Å². The number of rotatable bonds is 9. The topological polar surface area (TPSA) is 104 Å². The first-order valence-electron chi connectivity index (χ1n) is 7.78. The molecular formula is C16H25NO5S. The quantitative estimate of drug-likeness (QED) is 0.596. The van der Waals surface area contributed by atoms with Gasteiger partial charge in [-0.2, -0.15) is 8.42 Å². The number of nitrogens with one attached hydrogen (secondary N) is 1. The van der Waals surface area contributed by atoms with E-state index in [1.807, 2.05) is 6.92 Å². The third-order valence-corrected chi connectivity index (χ3v) is 4.50. The molecular weight excluding hydrogens is 318 g/mol. The standard InChI is InChI=1S/C16H25NO5S/c1-3-5-12(2)17-16(19)14-10-8-13(9-11-14)6-4-7-15(18)23(20,21)22/h8-12,15,18H,3-7H2,1-2H3,(H,17,19)(H,20,21,22). The summed E-state index contributed by atoms with van der Waals surface area (Å²) in [4.78, 5) is 12.0. The summed E-state index contributed by atoms with van der Waals surface area (Å²) in [5, 5.41) is 12.1. The van der Waals surface area contributed by atoms with Crippen molar-refractivity contribution in [3.05, 3.63) is 35.4 Å². The summed E-state index contributed by atoms with van der Waals surface area (Å²) in [6.45, 7) is 4.03. The van der Waals surface area contributed by atoms with Gasteiger partial charge in [0.1, 0.15) is 0 Å². The van der Waals surface area contributed by atoms with Gasteiger partial charge >= 0.3 is 0 Å². The molecule has 0 saturated carbocycles. The molecule has 1 rings (SSSR count). The molecule has 0 spiro atoms. The minimum Gasteiger partial charge on any atom is -0.375 e. The molecule has 0 fully saturated rings. The molecule has 1 aromatic carbocycles. The van der Waals surface area contributed by atoms with Crippen LogP contribution in [0.5, 0.6) is 0 Å². The Morgan fingerprint density at radius 1 is 1.22 bits per heavy atom. The molecule has 0 aromatic heterocycles. The highest BCUT2D eigenvalue weighted by Crippen LogP contribution is 2.11. The SMILES string of the molecule is CCCC(C)NC(=O)c1ccc(CCCC(O)S(=O)(=O)O)cc1. The van der Waals surface area contributed by atoms with Crippen LogP contribution < -0.4 is 5.32 Å². The van der Waals surface area contributed by atoms with Crippen LogP contribution in [0.25, 0.3) is 0 Å². The summed E-state index contributed by atoms with van der Waals surface area (Å²) in [6.07, 6.45) is 2.88. The Bertz CT molecular complexity index is 597. The highest BCUT2D eigenvalue weighted by Gasteiger charge is 2.18. The maximum absolute atomic E-state index is 12.0. The molecule has 130 valence electrons. The van der Waals surface area contributed by atoms with Crippen molar-refractivity contribution in [3.8, 4) is 0 Å². The summed E-state index contributed by atoms with van der Waals surface area (Å²) < 4.78 is 30.0. The maximum atomic E-state index is 12.0. The molecule has 0 saturated heterocycles. The molecule has 6 nitrogen and oxygen atoms in total. The lowest BCUT2D eigenvalue weighted by Gasteiger charge is -2.13. The van der Waals surface area contributed by atoms with Gasteiger partial charge < -0.3 is 10.4 Å².